The van der Waals surface area contributed by atoms with Crippen LogP contribution in [-0.2, 0) is 20.2 Å². The topological polar surface area (TPSA) is 260 Å². The molecular formula is C27H40BrN9O6S. The van der Waals surface area contributed by atoms with Crippen molar-refractivity contribution in [3.63, 3.8) is 0 Å². The van der Waals surface area contributed by atoms with Gasteiger partial charge in [0.05, 0.1) is 18.5 Å². The summed E-state index contributed by atoms with van der Waals surface area (Å²) in [6.45, 7) is 5.23. The van der Waals surface area contributed by atoms with Crippen molar-refractivity contribution >= 4 is 57.0 Å². The van der Waals surface area contributed by atoms with Crippen LogP contribution < -0.4 is 38.5 Å². The van der Waals surface area contributed by atoms with Crippen LogP contribution in [0, 0.1) is 5.92 Å². The van der Waals surface area contributed by atoms with Gasteiger partial charge >= 0.3 is 6.03 Å². The molecule has 0 saturated heterocycles. The minimum Gasteiger partial charge on any atom is -0.370 e. The molecule has 1 aromatic carbocycles. The Morgan fingerprint density at radius 2 is 1.66 bits per heavy atom. The summed E-state index contributed by atoms with van der Waals surface area (Å²) in [4.78, 5) is 59.1. The zero-order valence-corrected chi connectivity index (χ0v) is 27.0. The first-order valence-electron chi connectivity index (χ1n) is 13.7. The molecule has 4 atom stereocenters. The van der Waals surface area contributed by atoms with Gasteiger partial charge in [-0.15, -0.1) is 11.3 Å². The number of urea groups is 1. The molecule has 1 aromatic heterocycles. The molecular weight excluding hydrogens is 658 g/mol. The molecule has 5 amide bonds. The summed E-state index contributed by atoms with van der Waals surface area (Å²) in [6, 6.07) is 2.21. The molecule has 1 heterocycles. The van der Waals surface area contributed by atoms with Crippen molar-refractivity contribution in [3.8, 4) is 0 Å². The minimum absolute atomic E-state index is 0.0381. The molecule has 17 heteroatoms. The lowest BCUT2D eigenvalue weighted by atomic mass is 9.98. The number of benzene rings is 1. The molecule has 0 aliphatic carbocycles. The molecule has 12 N–H and O–H groups in total. The standard InChI is InChI=1S/C27H40BrN9O6S/c1-14(2)21(23(40)36-19(5-4-10-33-25(30)31)27(42,43)24-32-11-12-44-24)37-22(39)18(13-20(29)38)35-26(41)34-15(3)16-6-8-17(28)9-7-16/h6-9,11-12,14-15,18-19,21,42-43H,4-5,10,13H2,1-3H3,(H2,29,38)(H,36,40)(H,37,39)(H4,30,31,33)(H2,34,35,41)/t15-,18+,19+,21+/m1/s1. The Morgan fingerprint density at radius 3 is 2.20 bits per heavy atom. The average molecular weight is 699 g/mol. The van der Waals surface area contributed by atoms with Crippen LogP contribution >= 0.6 is 27.3 Å². The quantitative estimate of drug-likeness (QED) is 0.0495. The third-order valence-corrected chi connectivity index (χ3v) is 7.90. The van der Waals surface area contributed by atoms with Crippen molar-refractivity contribution < 1.29 is 29.4 Å². The number of aliphatic hydroxyl groups is 2. The van der Waals surface area contributed by atoms with Crippen molar-refractivity contribution in [3.05, 3.63) is 50.9 Å². The highest BCUT2D eigenvalue weighted by Gasteiger charge is 2.41. The molecule has 44 heavy (non-hydrogen) atoms. The smallest absolute Gasteiger partial charge is 0.315 e. The Labute approximate surface area is 267 Å². The third kappa shape index (κ3) is 11.4. The van der Waals surface area contributed by atoms with Gasteiger partial charge in [0.25, 0.3) is 0 Å². The van der Waals surface area contributed by atoms with Crippen LogP contribution in [0.2, 0.25) is 0 Å². The Kier molecular flexibility index (Phi) is 14.0. The fourth-order valence-electron chi connectivity index (χ4n) is 4.12. The van der Waals surface area contributed by atoms with E-state index in [0.717, 1.165) is 21.4 Å². The maximum Gasteiger partial charge on any atom is 0.315 e. The summed E-state index contributed by atoms with van der Waals surface area (Å²) in [5, 5.41) is 33.7. The predicted molar refractivity (Wildman–Crippen MR) is 169 cm³/mol. The number of hydrogen-bond donors (Lipinski definition) is 9. The van der Waals surface area contributed by atoms with E-state index in [-0.39, 0.29) is 30.4 Å². The van der Waals surface area contributed by atoms with Crippen molar-refractivity contribution in [1.82, 2.24) is 26.3 Å². The van der Waals surface area contributed by atoms with Gasteiger partial charge in [0.2, 0.25) is 23.5 Å². The van der Waals surface area contributed by atoms with Gasteiger partial charge in [-0.2, -0.15) is 0 Å². The Hall–Kier alpha value is -3.80. The van der Waals surface area contributed by atoms with Gasteiger partial charge in [-0.25, -0.2) is 9.78 Å². The summed E-state index contributed by atoms with van der Waals surface area (Å²) in [5.41, 5.74) is 16.9. The van der Waals surface area contributed by atoms with Crippen LogP contribution in [0.3, 0.4) is 0 Å². The fourth-order valence-corrected chi connectivity index (χ4v) is 5.08. The average Bonchev–Trinajstić information content (AvgIpc) is 3.48. The number of halogens is 1. The fraction of sp³-hybridized carbons (Fsp3) is 0.481. The van der Waals surface area contributed by atoms with Crippen molar-refractivity contribution in [1.29, 1.82) is 0 Å². The zero-order chi connectivity index (χ0) is 33.0. The first kappa shape index (κ1) is 36.4. The largest absolute Gasteiger partial charge is 0.370 e. The zero-order valence-electron chi connectivity index (χ0n) is 24.6. The summed E-state index contributed by atoms with van der Waals surface area (Å²) in [6.07, 6.45) is 1.16. The molecule has 0 bridgehead atoms. The van der Waals surface area contributed by atoms with Crippen molar-refractivity contribution in [2.24, 2.45) is 28.1 Å². The molecule has 15 nitrogen and oxygen atoms in total. The minimum atomic E-state index is -2.55. The monoisotopic (exact) mass is 697 g/mol. The lowest BCUT2D eigenvalue weighted by Crippen LogP contribution is -2.60. The van der Waals surface area contributed by atoms with E-state index in [9.17, 15) is 29.4 Å². The van der Waals surface area contributed by atoms with E-state index in [1.807, 2.05) is 24.3 Å². The Morgan fingerprint density at radius 1 is 1.00 bits per heavy atom. The third-order valence-electron chi connectivity index (χ3n) is 6.49. The lowest BCUT2D eigenvalue weighted by molar-refractivity contribution is -0.196. The molecule has 242 valence electrons. The number of carbonyl (C=O) groups is 4. The molecule has 0 aliphatic rings. The molecule has 2 aromatic rings. The van der Waals surface area contributed by atoms with Gasteiger partial charge in [0, 0.05) is 22.6 Å². The number of guanidine groups is 1. The van der Waals surface area contributed by atoms with E-state index < -0.39 is 66.0 Å². The molecule has 2 rings (SSSR count). The van der Waals surface area contributed by atoms with Gasteiger partial charge in [-0.1, -0.05) is 41.9 Å². The van der Waals surface area contributed by atoms with Gasteiger partial charge in [-0.3, -0.25) is 19.4 Å². The van der Waals surface area contributed by atoms with E-state index in [1.54, 1.807) is 26.2 Å². The lowest BCUT2D eigenvalue weighted by Gasteiger charge is -2.33. The normalized spacial score (nSPS) is 14.1. The van der Waals surface area contributed by atoms with E-state index in [1.165, 1.54) is 6.20 Å². The highest BCUT2D eigenvalue weighted by Crippen LogP contribution is 2.27. The second-order valence-corrected chi connectivity index (χ2v) is 12.2. The van der Waals surface area contributed by atoms with Crippen LogP contribution in [0.25, 0.3) is 0 Å². The number of carbonyl (C=O) groups excluding carboxylic acids is 4. The number of nitrogens with two attached hydrogens (primary N) is 3. The van der Waals surface area contributed by atoms with Crippen molar-refractivity contribution in [2.75, 3.05) is 6.54 Å². The van der Waals surface area contributed by atoms with E-state index in [4.69, 9.17) is 17.2 Å². The first-order chi connectivity index (χ1) is 20.6. The molecule has 0 unspecified atom stereocenters. The van der Waals surface area contributed by atoms with Gasteiger partial charge in [-0.05, 0) is 43.4 Å². The molecule has 0 saturated carbocycles. The van der Waals surface area contributed by atoms with Crippen LogP contribution in [-0.4, -0.2) is 69.6 Å². The molecule has 0 fully saturated rings. The van der Waals surface area contributed by atoms with Crippen LogP contribution in [0.5, 0.6) is 0 Å². The summed E-state index contributed by atoms with van der Waals surface area (Å²) >= 11 is 4.33. The molecule has 0 aliphatic heterocycles. The number of nitrogens with one attached hydrogen (secondary N) is 4. The number of aromatic nitrogens is 1. The molecule has 0 spiro atoms. The number of aliphatic imine (C=N–C) groups is 1. The highest BCUT2D eigenvalue weighted by atomic mass is 79.9. The molecule has 0 radical (unpaired) electrons. The predicted octanol–water partition coefficient (Wildman–Crippen LogP) is 0.0266. The number of thiazole rings is 1. The maximum atomic E-state index is 13.5. The number of amides is 5. The van der Waals surface area contributed by atoms with E-state index in [0.29, 0.717) is 0 Å². The second kappa shape index (κ2) is 16.9. The van der Waals surface area contributed by atoms with Gasteiger partial charge < -0.3 is 48.7 Å². The van der Waals surface area contributed by atoms with Gasteiger partial charge in [0.15, 0.2) is 11.0 Å². The summed E-state index contributed by atoms with van der Waals surface area (Å²) < 4.78 is 0.865. The highest BCUT2D eigenvalue weighted by molar-refractivity contribution is 9.10. The second-order valence-electron chi connectivity index (χ2n) is 10.4. The number of hydrogen-bond acceptors (Lipinski definition) is 9. The van der Waals surface area contributed by atoms with Crippen LogP contribution in [0.1, 0.15) is 56.6 Å². The number of rotatable bonds is 16. The Balaban J connectivity index is 2.17. The maximum absolute atomic E-state index is 13.5. The van der Waals surface area contributed by atoms with E-state index in [2.05, 4.69) is 47.2 Å². The number of primary amides is 1. The van der Waals surface area contributed by atoms with Crippen LogP contribution in [0.4, 0.5) is 4.79 Å². The summed E-state index contributed by atoms with van der Waals surface area (Å²) in [7, 11) is 0. The Bertz CT molecular complexity index is 1290. The van der Waals surface area contributed by atoms with Crippen LogP contribution in [0.15, 0.2) is 45.3 Å². The first-order valence-corrected chi connectivity index (χ1v) is 15.4. The SMILES string of the molecule is CC(C)[C@H](NC(=O)[C@H](CC(N)=O)NC(=O)N[C@H](C)c1ccc(Br)cc1)C(=O)N[C@@H](CCCN=C(N)N)C(O)(O)c1nccs1. The van der Waals surface area contributed by atoms with E-state index >= 15 is 0 Å². The number of nitrogens with zero attached hydrogens (tertiary/aromatic N) is 2. The van der Waals surface area contributed by atoms with Gasteiger partial charge in [0.1, 0.15) is 12.1 Å². The summed E-state index contributed by atoms with van der Waals surface area (Å²) in [5.74, 6) is -5.61. The van der Waals surface area contributed by atoms with Crippen molar-refractivity contribution in [2.45, 2.75) is 70.0 Å².